The van der Waals surface area contributed by atoms with Crippen molar-refractivity contribution in [1.82, 2.24) is 9.46 Å². The molecule has 0 N–H and O–H groups in total. The Morgan fingerprint density at radius 3 is 2.55 bits per heavy atom. The molecule has 1 unspecified atom stereocenters. The van der Waals surface area contributed by atoms with Gasteiger partial charge in [0.05, 0.1) is 16.6 Å². The van der Waals surface area contributed by atoms with E-state index in [4.69, 9.17) is 4.52 Å². The fourth-order valence-electron chi connectivity index (χ4n) is 3.02. The predicted octanol–water partition coefficient (Wildman–Crippen LogP) is 2.96. The molecule has 0 radical (unpaired) electrons. The Bertz CT molecular complexity index is 764. The number of aryl methyl sites for hydroxylation is 2. The van der Waals surface area contributed by atoms with Crippen molar-refractivity contribution in [2.45, 2.75) is 37.6 Å². The topological polar surface area (TPSA) is 63.4 Å². The van der Waals surface area contributed by atoms with E-state index < -0.39 is 15.8 Å². The van der Waals surface area contributed by atoms with Gasteiger partial charge < -0.3 is 4.52 Å². The van der Waals surface area contributed by atoms with Gasteiger partial charge in [-0.15, -0.1) is 0 Å². The molecule has 0 amide bonds. The number of aromatic nitrogens is 1. The smallest absolute Gasteiger partial charge is 0.243 e. The van der Waals surface area contributed by atoms with E-state index in [1.165, 1.54) is 16.4 Å². The van der Waals surface area contributed by atoms with Crippen LogP contribution in [0.1, 0.15) is 35.9 Å². The van der Waals surface area contributed by atoms with Crippen molar-refractivity contribution in [2.24, 2.45) is 0 Å². The summed E-state index contributed by atoms with van der Waals surface area (Å²) < 4.78 is 45.3. The number of rotatable bonds is 3. The van der Waals surface area contributed by atoms with Crippen molar-refractivity contribution in [3.8, 4) is 0 Å². The summed E-state index contributed by atoms with van der Waals surface area (Å²) in [6, 6.07) is 4.64. The number of halogens is 1. The molecule has 1 aliphatic heterocycles. The summed E-state index contributed by atoms with van der Waals surface area (Å²) in [5, 5.41) is 3.92. The van der Waals surface area contributed by atoms with Crippen molar-refractivity contribution in [2.75, 3.05) is 6.54 Å². The second-order valence-electron chi connectivity index (χ2n) is 5.47. The van der Waals surface area contributed by atoms with Crippen LogP contribution < -0.4 is 0 Å². The first kappa shape index (κ1) is 15.2. The Hall–Kier alpha value is -1.73. The van der Waals surface area contributed by atoms with E-state index in [-0.39, 0.29) is 10.9 Å². The zero-order valence-electron chi connectivity index (χ0n) is 12.4. The molecule has 7 heteroatoms. The van der Waals surface area contributed by atoms with Gasteiger partial charge in [-0.25, -0.2) is 12.8 Å². The number of benzene rings is 1. The van der Waals surface area contributed by atoms with Crippen molar-refractivity contribution in [1.29, 1.82) is 0 Å². The van der Waals surface area contributed by atoms with Crippen molar-refractivity contribution in [3.05, 3.63) is 47.1 Å². The molecule has 5 nitrogen and oxygen atoms in total. The zero-order valence-corrected chi connectivity index (χ0v) is 13.2. The van der Waals surface area contributed by atoms with Crippen LogP contribution in [0.3, 0.4) is 0 Å². The summed E-state index contributed by atoms with van der Waals surface area (Å²) in [7, 11) is -3.67. The van der Waals surface area contributed by atoms with Crippen molar-refractivity contribution >= 4 is 10.0 Å². The zero-order chi connectivity index (χ0) is 15.9. The summed E-state index contributed by atoms with van der Waals surface area (Å²) in [6.45, 7) is 4.04. The molecule has 2 heterocycles. The fraction of sp³-hybridized carbons (Fsp3) is 0.400. The van der Waals surface area contributed by atoms with Crippen LogP contribution in [0.4, 0.5) is 4.39 Å². The van der Waals surface area contributed by atoms with Gasteiger partial charge in [0.2, 0.25) is 10.0 Å². The molecule has 1 aromatic carbocycles. The van der Waals surface area contributed by atoms with Gasteiger partial charge >= 0.3 is 0 Å². The van der Waals surface area contributed by atoms with E-state index >= 15 is 0 Å². The number of nitrogens with zero attached hydrogens (tertiary/aromatic N) is 2. The van der Waals surface area contributed by atoms with Crippen LogP contribution in [0.2, 0.25) is 0 Å². The van der Waals surface area contributed by atoms with Crippen LogP contribution in [0, 0.1) is 19.7 Å². The molecular weight excluding hydrogens is 307 g/mol. The number of hydrogen-bond acceptors (Lipinski definition) is 4. The lowest BCUT2D eigenvalue weighted by atomic mass is 10.0. The van der Waals surface area contributed by atoms with Crippen LogP contribution in [0.5, 0.6) is 0 Å². The molecule has 2 aromatic rings. The second kappa shape index (κ2) is 5.48. The van der Waals surface area contributed by atoms with Crippen molar-refractivity contribution in [3.63, 3.8) is 0 Å². The molecule has 0 bridgehead atoms. The van der Waals surface area contributed by atoms with Crippen LogP contribution >= 0.6 is 0 Å². The quantitative estimate of drug-likeness (QED) is 0.871. The predicted molar refractivity (Wildman–Crippen MR) is 78.2 cm³/mol. The minimum atomic E-state index is -3.67. The number of hydrogen-bond donors (Lipinski definition) is 0. The first-order valence-electron chi connectivity index (χ1n) is 7.11. The minimum absolute atomic E-state index is 0.104. The van der Waals surface area contributed by atoms with Gasteiger partial charge in [0.25, 0.3) is 0 Å². The lowest BCUT2D eigenvalue weighted by molar-refractivity contribution is 0.376. The van der Waals surface area contributed by atoms with Crippen molar-refractivity contribution < 1.29 is 17.3 Å². The fourth-order valence-corrected chi connectivity index (χ4v) is 4.69. The highest BCUT2D eigenvalue weighted by Crippen LogP contribution is 2.39. The summed E-state index contributed by atoms with van der Waals surface area (Å²) >= 11 is 0. The van der Waals surface area contributed by atoms with E-state index in [9.17, 15) is 12.8 Å². The molecule has 0 spiro atoms. The van der Waals surface area contributed by atoms with Gasteiger partial charge in [-0.2, -0.15) is 4.31 Å². The highest BCUT2D eigenvalue weighted by Gasteiger charge is 2.38. The van der Waals surface area contributed by atoms with Crippen LogP contribution in [-0.4, -0.2) is 24.4 Å². The maximum absolute atomic E-state index is 13.0. The SMILES string of the molecule is Cc1noc(C)c1C1CCCN1S(=O)(=O)c1ccc(F)cc1. The van der Waals surface area contributed by atoms with E-state index in [2.05, 4.69) is 5.16 Å². The monoisotopic (exact) mass is 324 g/mol. The first-order chi connectivity index (χ1) is 10.4. The molecular formula is C15H17FN2O3S. The van der Waals surface area contributed by atoms with Gasteiger partial charge in [0, 0.05) is 12.1 Å². The van der Waals surface area contributed by atoms with Crippen LogP contribution in [-0.2, 0) is 10.0 Å². The molecule has 1 aromatic heterocycles. The first-order valence-corrected chi connectivity index (χ1v) is 8.55. The third-order valence-corrected chi connectivity index (χ3v) is 5.97. The highest BCUT2D eigenvalue weighted by molar-refractivity contribution is 7.89. The minimum Gasteiger partial charge on any atom is -0.361 e. The summed E-state index contributed by atoms with van der Waals surface area (Å²) in [5.41, 5.74) is 1.55. The molecule has 1 aliphatic rings. The third kappa shape index (κ3) is 2.44. The Morgan fingerprint density at radius 1 is 1.27 bits per heavy atom. The van der Waals surface area contributed by atoms with E-state index in [1.54, 1.807) is 6.92 Å². The molecule has 0 aliphatic carbocycles. The Balaban J connectivity index is 2.01. The summed E-state index contributed by atoms with van der Waals surface area (Å²) in [6.07, 6.45) is 1.50. The molecule has 3 rings (SSSR count). The average Bonchev–Trinajstić information content (AvgIpc) is 3.06. The molecule has 1 atom stereocenters. The molecule has 0 saturated carbocycles. The van der Waals surface area contributed by atoms with Gasteiger partial charge in [-0.3, -0.25) is 0 Å². The lowest BCUT2D eigenvalue weighted by Gasteiger charge is -2.24. The van der Waals surface area contributed by atoms with Gasteiger partial charge in [0.15, 0.2) is 0 Å². The van der Waals surface area contributed by atoms with Crippen LogP contribution in [0.15, 0.2) is 33.7 Å². The molecule has 1 saturated heterocycles. The van der Waals surface area contributed by atoms with E-state index in [0.29, 0.717) is 18.0 Å². The maximum Gasteiger partial charge on any atom is 0.243 e. The largest absolute Gasteiger partial charge is 0.361 e. The Morgan fingerprint density at radius 2 is 1.95 bits per heavy atom. The van der Waals surface area contributed by atoms with E-state index in [1.807, 2.05) is 6.92 Å². The van der Waals surface area contributed by atoms with Gasteiger partial charge in [0.1, 0.15) is 11.6 Å². The van der Waals surface area contributed by atoms with E-state index in [0.717, 1.165) is 30.5 Å². The third-order valence-electron chi connectivity index (χ3n) is 4.05. The lowest BCUT2D eigenvalue weighted by Crippen LogP contribution is -2.31. The average molecular weight is 324 g/mol. The second-order valence-corrected chi connectivity index (χ2v) is 7.36. The molecule has 22 heavy (non-hydrogen) atoms. The highest BCUT2D eigenvalue weighted by atomic mass is 32.2. The van der Waals surface area contributed by atoms with Gasteiger partial charge in [-0.1, -0.05) is 5.16 Å². The summed E-state index contributed by atoms with van der Waals surface area (Å²) in [5.74, 6) is 0.186. The standard InChI is InChI=1S/C15H17FN2O3S/c1-10-15(11(2)21-17-10)14-4-3-9-18(14)22(19,20)13-7-5-12(16)6-8-13/h5-8,14H,3-4,9H2,1-2H3. The number of sulfonamides is 1. The Labute approximate surface area is 128 Å². The molecule has 1 fully saturated rings. The maximum atomic E-state index is 13.0. The summed E-state index contributed by atoms with van der Waals surface area (Å²) in [4.78, 5) is 0.104. The van der Waals surface area contributed by atoms with Crippen LogP contribution in [0.25, 0.3) is 0 Å². The normalized spacial score (nSPS) is 19.7. The Kier molecular flexibility index (Phi) is 3.78. The van der Waals surface area contributed by atoms with Gasteiger partial charge in [-0.05, 0) is 51.0 Å². The molecule has 118 valence electrons.